The Hall–Kier alpha value is -2.70. The second-order valence-corrected chi connectivity index (χ2v) is 8.63. The predicted molar refractivity (Wildman–Crippen MR) is 111 cm³/mol. The van der Waals surface area contributed by atoms with Gasteiger partial charge in [0.25, 0.3) is 0 Å². The molecule has 0 radical (unpaired) electrons. The van der Waals surface area contributed by atoms with Crippen molar-refractivity contribution in [2.24, 2.45) is 0 Å². The van der Waals surface area contributed by atoms with Gasteiger partial charge in [0.1, 0.15) is 11.6 Å². The molecule has 0 fully saturated rings. The van der Waals surface area contributed by atoms with Crippen molar-refractivity contribution >= 4 is 28.6 Å². The van der Waals surface area contributed by atoms with Gasteiger partial charge < -0.3 is 14.6 Å². The molecular formula is C22H23ClN2O4. The summed E-state index contributed by atoms with van der Waals surface area (Å²) in [7, 11) is 0. The third kappa shape index (κ3) is 3.78. The number of nitrogens with zero attached hydrogens (tertiary/aromatic N) is 1. The van der Waals surface area contributed by atoms with Gasteiger partial charge in [0.05, 0.1) is 0 Å². The number of carbonyl (C=O) groups excluding carboxylic acids is 1. The number of benzene rings is 2. The fourth-order valence-corrected chi connectivity index (χ4v) is 4.01. The van der Waals surface area contributed by atoms with Gasteiger partial charge in [-0.05, 0) is 68.7 Å². The first kappa shape index (κ1) is 19.6. The average Bonchev–Trinajstić information content (AvgIpc) is 3.04. The van der Waals surface area contributed by atoms with Gasteiger partial charge in [-0.2, -0.15) is 0 Å². The van der Waals surface area contributed by atoms with Gasteiger partial charge in [-0.3, -0.25) is 4.90 Å². The number of aromatic nitrogens is 1. The van der Waals surface area contributed by atoms with Crippen LogP contribution in [0.1, 0.15) is 43.6 Å². The summed E-state index contributed by atoms with van der Waals surface area (Å²) < 4.78 is 5.67. The fourth-order valence-electron chi connectivity index (χ4n) is 3.84. The quantitative estimate of drug-likeness (QED) is 0.425. The minimum absolute atomic E-state index is 0.331. The lowest BCUT2D eigenvalue weighted by Gasteiger charge is -2.37. The molecule has 29 heavy (non-hydrogen) atoms. The van der Waals surface area contributed by atoms with Crippen LogP contribution in [-0.2, 0) is 11.2 Å². The Labute approximate surface area is 173 Å². The Morgan fingerprint density at radius 3 is 2.59 bits per heavy atom. The first-order valence-corrected chi connectivity index (χ1v) is 9.85. The van der Waals surface area contributed by atoms with Gasteiger partial charge >= 0.3 is 6.09 Å². The molecule has 2 aromatic carbocycles. The largest absolute Gasteiger partial charge is 0.444 e. The fraction of sp³-hybridized carbons (Fsp3) is 0.318. The molecule has 2 N–H and O–H groups in total. The monoisotopic (exact) mass is 414 g/mol. The van der Waals surface area contributed by atoms with Crippen molar-refractivity contribution in [1.29, 1.82) is 0 Å². The molecule has 1 amide bonds. The predicted octanol–water partition coefficient (Wildman–Crippen LogP) is 5.56. The highest BCUT2D eigenvalue weighted by molar-refractivity contribution is 6.31. The zero-order valence-corrected chi connectivity index (χ0v) is 17.3. The van der Waals surface area contributed by atoms with E-state index < -0.39 is 5.60 Å². The number of H-pyrrole nitrogens is 1. The molecule has 4 rings (SSSR count). The van der Waals surface area contributed by atoms with Crippen LogP contribution < -0.4 is 4.89 Å². The molecule has 2 heterocycles. The maximum absolute atomic E-state index is 13.0. The third-order valence-electron chi connectivity index (χ3n) is 5.02. The number of nitrogens with one attached hydrogen (secondary N) is 1. The van der Waals surface area contributed by atoms with Crippen LogP contribution in [0.15, 0.2) is 42.5 Å². The highest BCUT2D eigenvalue weighted by Gasteiger charge is 2.36. The topological polar surface area (TPSA) is 74.8 Å². The molecule has 0 saturated heterocycles. The van der Waals surface area contributed by atoms with E-state index in [-0.39, 0.29) is 12.1 Å². The third-order valence-corrected chi connectivity index (χ3v) is 5.25. The van der Waals surface area contributed by atoms with E-state index in [1.54, 1.807) is 17.0 Å². The van der Waals surface area contributed by atoms with E-state index in [4.69, 9.17) is 21.6 Å². The smallest absolute Gasteiger partial charge is 0.411 e. The normalized spacial score (nSPS) is 16.6. The van der Waals surface area contributed by atoms with Crippen LogP contribution in [0.3, 0.4) is 0 Å². The molecule has 1 aliphatic heterocycles. The maximum Gasteiger partial charge on any atom is 0.411 e. The van der Waals surface area contributed by atoms with Crippen molar-refractivity contribution in [1.82, 2.24) is 9.88 Å². The SMILES string of the molecule is CC(C)(C)OC(=O)N1CCc2c([nH]c3ccc(Cl)cc23)[C@@H]1c1ccc(OO)cc1. The van der Waals surface area contributed by atoms with E-state index in [1.165, 1.54) is 0 Å². The maximum atomic E-state index is 13.0. The van der Waals surface area contributed by atoms with E-state index in [2.05, 4.69) is 9.87 Å². The summed E-state index contributed by atoms with van der Waals surface area (Å²) >= 11 is 6.22. The Morgan fingerprint density at radius 1 is 1.21 bits per heavy atom. The molecule has 1 atom stereocenters. The molecule has 0 saturated carbocycles. The molecule has 0 spiro atoms. The van der Waals surface area contributed by atoms with Crippen molar-refractivity contribution in [2.75, 3.05) is 6.54 Å². The van der Waals surface area contributed by atoms with Crippen LogP contribution in [-0.4, -0.2) is 33.4 Å². The minimum atomic E-state index is -0.593. The van der Waals surface area contributed by atoms with Crippen molar-refractivity contribution in [3.05, 3.63) is 64.3 Å². The number of rotatable bonds is 2. The summed E-state index contributed by atoms with van der Waals surface area (Å²) in [5.74, 6) is 0.331. The zero-order valence-electron chi connectivity index (χ0n) is 16.5. The lowest BCUT2D eigenvalue weighted by Crippen LogP contribution is -2.43. The van der Waals surface area contributed by atoms with E-state index in [1.807, 2.05) is 51.1 Å². The summed E-state index contributed by atoms with van der Waals surface area (Å²) in [6.07, 6.45) is 0.329. The molecular weight excluding hydrogens is 392 g/mol. The summed E-state index contributed by atoms with van der Waals surface area (Å²) in [6.45, 7) is 6.08. The van der Waals surface area contributed by atoms with Crippen LogP contribution in [0, 0.1) is 0 Å². The lowest BCUT2D eigenvalue weighted by atomic mass is 9.92. The van der Waals surface area contributed by atoms with Crippen LogP contribution in [0.25, 0.3) is 10.9 Å². The zero-order chi connectivity index (χ0) is 20.8. The number of aromatic amines is 1. The summed E-state index contributed by atoms with van der Waals surface area (Å²) in [4.78, 5) is 22.5. The highest BCUT2D eigenvalue weighted by Crippen LogP contribution is 2.40. The van der Waals surface area contributed by atoms with Crippen LogP contribution in [0.4, 0.5) is 4.79 Å². The van der Waals surface area contributed by atoms with Gasteiger partial charge in [-0.1, -0.05) is 23.7 Å². The molecule has 0 bridgehead atoms. The van der Waals surface area contributed by atoms with Gasteiger partial charge in [0.2, 0.25) is 0 Å². The number of halogens is 1. The van der Waals surface area contributed by atoms with E-state index in [9.17, 15) is 4.79 Å². The van der Waals surface area contributed by atoms with Crippen molar-refractivity contribution < 1.29 is 19.7 Å². The van der Waals surface area contributed by atoms with Gasteiger partial charge in [-0.25, -0.2) is 10.1 Å². The van der Waals surface area contributed by atoms with Crippen LogP contribution >= 0.6 is 11.6 Å². The number of carbonyl (C=O) groups is 1. The molecule has 7 heteroatoms. The molecule has 152 valence electrons. The van der Waals surface area contributed by atoms with Crippen molar-refractivity contribution in [3.8, 4) is 5.75 Å². The van der Waals surface area contributed by atoms with Crippen molar-refractivity contribution in [2.45, 2.75) is 38.8 Å². The van der Waals surface area contributed by atoms with Crippen LogP contribution in [0.5, 0.6) is 5.75 Å². The summed E-state index contributed by atoms with van der Waals surface area (Å²) in [5, 5.41) is 10.6. The first-order chi connectivity index (χ1) is 13.8. The van der Waals surface area contributed by atoms with Crippen LogP contribution in [0.2, 0.25) is 5.02 Å². The Morgan fingerprint density at radius 2 is 1.93 bits per heavy atom. The lowest BCUT2D eigenvalue weighted by molar-refractivity contribution is -0.137. The van der Waals surface area contributed by atoms with Gasteiger partial charge in [-0.15, -0.1) is 0 Å². The standard InChI is InChI=1S/C22H23ClN2O4/c1-22(2,3)28-21(26)25-11-10-16-17-12-14(23)6-9-18(17)24-19(16)20(25)13-4-7-15(29-27)8-5-13/h4-9,12,20,24,27H,10-11H2,1-3H3/t20-/m0/s1. The number of fused-ring (bicyclic) bond motifs is 3. The summed E-state index contributed by atoms with van der Waals surface area (Å²) in [6, 6.07) is 12.4. The van der Waals surface area contributed by atoms with Crippen molar-refractivity contribution in [3.63, 3.8) is 0 Å². The molecule has 1 aliphatic rings. The first-order valence-electron chi connectivity index (χ1n) is 9.48. The highest BCUT2D eigenvalue weighted by atomic mass is 35.5. The Bertz CT molecular complexity index is 1050. The number of hydrogen-bond acceptors (Lipinski definition) is 4. The number of hydrogen-bond donors (Lipinski definition) is 2. The van der Waals surface area contributed by atoms with E-state index in [0.29, 0.717) is 23.7 Å². The Kier molecular flexibility index (Phi) is 4.92. The van der Waals surface area contributed by atoms with Gasteiger partial charge in [0.15, 0.2) is 5.75 Å². The Balaban J connectivity index is 1.83. The van der Waals surface area contributed by atoms with E-state index >= 15 is 0 Å². The number of amides is 1. The second kappa shape index (κ2) is 7.28. The minimum Gasteiger partial charge on any atom is -0.444 e. The van der Waals surface area contributed by atoms with Gasteiger partial charge in [0, 0.05) is 28.2 Å². The second-order valence-electron chi connectivity index (χ2n) is 8.19. The average molecular weight is 415 g/mol. The summed E-state index contributed by atoms with van der Waals surface area (Å²) in [5.41, 5.74) is 3.36. The molecule has 6 nitrogen and oxygen atoms in total. The molecule has 3 aromatic rings. The molecule has 1 aromatic heterocycles. The molecule has 0 aliphatic carbocycles. The van der Waals surface area contributed by atoms with E-state index in [0.717, 1.165) is 27.7 Å². The number of ether oxygens (including phenoxy) is 1. The molecule has 0 unspecified atom stereocenters.